The first-order chi connectivity index (χ1) is 7.77. The van der Waals surface area contributed by atoms with E-state index in [1.165, 1.54) is 12.2 Å². The number of aromatic nitrogens is 2. The molecule has 0 aromatic carbocycles. The maximum atomic E-state index is 6.34. The zero-order valence-electron chi connectivity index (χ0n) is 9.85. The second-order valence-corrected chi connectivity index (χ2v) is 5.21. The molecule has 2 heterocycles. The molecule has 1 aromatic rings. The van der Waals surface area contributed by atoms with Gasteiger partial charge in [-0.25, -0.2) is 0 Å². The lowest BCUT2D eigenvalue weighted by atomic mass is 9.97. The van der Waals surface area contributed by atoms with Crippen LogP contribution in [0.1, 0.15) is 25.1 Å². The molecule has 2 rings (SSSR count). The monoisotopic (exact) mass is 241 g/mol. The topological polar surface area (TPSA) is 53.1 Å². The minimum atomic E-state index is 0.0485. The summed E-state index contributed by atoms with van der Waals surface area (Å²) in [6.45, 7) is 2.91. The third-order valence-electron chi connectivity index (χ3n) is 3.15. The van der Waals surface area contributed by atoms with Crippen LogP contribution in [0.4, 0.5) is 0 Å². The van der Waals surface area contributed by atoms with Crippen LogP contribution >= 0.6 is 11.8 Å². The summed E-state index contributed by atoms with van der Waals surface area (Å²) in [5.74, 6) is 3.76. The standard InChI is InChI=1S/C11H19N3OS/c1-3-14-11(9(15-2)6-13-14)10(12)8-4-5-16-7-8/h6,8,10H,3-5,7,12H2,1-2H3. The van der Waals surface area contributed by atoms with Crippen LogP contribution in [0.3, 0.4) is 0 Å². The second-order valence-electron chi connectivity index (χ2n) is 4.06. The molecule has 2 unspecified atom stereocenters. The Morgan fingerprint density at radius 1 is 1.75 bits per heavy atom. The first-order valence-electron chi connectivity index (χ1n) is 5.71. The van der Waals surface area contributed by atoms with Gasteiger partial charge in [0.1, 0.15) is 0 Å². The number of nitrogens with two attached hydrogens (primary N) is 1. The number of hydrogen-bond acceptors (Lipinski definition) is 4. The largest absolute Gasteiger partial charge is 0.493 e. The summed E-state index contributed by atoms with van der Waals surface area (Å²) in [6.07, 6.45) is 2.96. The van der Waals surface area contributed by atoms with Crippen molar-refractivity contribution < 1.29 is 4.74 Å². The number of ether oxygens (including phenoxy) is 1. The molecule has 0 radical (unpaired) electrons. The first-order valence-corrected chi connectivity index (χ1v) is 6.86. The molecule has 0 bridgehead atoms. The van der Waals surface area contributed by atoms with E-state index in [-0.39, 0.29) is 6.04 Å². The highest BCUT2D eigenvalue weighted by atomic mass is 32.2. The quantitative estimate of drug-likeness (QED) is 0.871. The summed E-state index contributed by atoms with van der Waals surface area (Å²) < 4.78 is 7.29. The summed E-state index contributed by atoms with van der Waals surface area (Å²) in [7, 11) is 1.68. The van der Waals surface area contributed by atoms with E-state index in [9.17, 15) is 0 Å². The van der Waals surface area contributed by atoms with Gasteiger partial charge in [-0.3, -0.25) is 4.68 Å². The van der Waals surface area contributed by atoms with Crippen LogP contribution in [0, 0.1) is 5.92 Å². The van der Waals surface area contributed by atoms with Crippen LogP contribution < -0.4 is 10.5 Å². The van der Waals surface area contributed by atoms with Crippen LogP contribution in [0.15, 0.2) is 6.20 Å². The summed E-state index contributed by atoms with van der Waals surface area (Å²) in [6, 6.07) is 0.0485. The van der Waals surface area contributed by atoms with Crippen molar-refractivity contribution in [3.8, 4) is 5.75 Å². The lowest BCUT2D eigenvalue weighted by molar-refractivity contribution is 0.382. The van der Waals surface area contributed by atoms with E-state index < -0.39 is 0 Å². The van der Waals surface area contributed by atoms with E-state index >= 15 is 0 Å². The van der Waals surface area contributed by atoms with Gasteiger partial charge in [0.15, 0.2) is 5.75 Å². The van der Waals surface area contributed by atoms with Crippen molar-refractivity contribution >= 4 is 11.8 Å². The maximum Gasteiger partial charge on any atom is 0.161 e. The first kappa shape index (κ1) is 11.8. The van der Waals surface area contributed by atoms with Crippen molar-refractivity contribution in [1.29, 1.82) is 0 Å². The average molecular weight is 241 g/mol. The van der Waals surface area contributed by atoms with Gasteiger partial charge in [0.25, 0.3) is 0 Å². The van der Waals surface area contributed by atoms with Gasteiger partial charge in [0.2, 0.25) is 0 Å². The van der Waals surface area contributed by atoms with Crippen molar-refractivity contribution in [1.82, 2.24) is 9.78 Å². The summed E-state index contributed by atoms with van der Waals surface area (Å²) >= 11 is 1.98. The summed E-state index contributed by atoms with van der Waals surface area (Å²) in [4.78, 5) is 0. The van der Waals surface area contributed by atoms with E-state index in [4.69, 9.17) is 10.5 Å². The van der Waals surface area contributed by atoms with Crippen LogP contribution in [0.2, 0.25) is 0 Å². The predicted molar refractivity (Wildman–Crippen MR) is 66.8 cm³/mol. The molecular formula is C11H19N3OS. The minimum Gasteiger partial charge on any atom is -0.493 e. The Labute approximate surface area is 101 Å². The Morgan fingerprint density at radius 2 is 2.56 bits per heavy atom. The predicted octanol–water partition coefficient (Wildman–Crippen LogP) is 1.66. The fraction of sp³-hybridized carbons (Fsp3) is 0.727. The highest BCUT2D eigenvalue weighted by molar-refractivity contribution is 7.99. The average Bonchev–Trinajstić information content (AvgIpc) is 2.96. The van der Waals surface area contributed by atoms with Gasteiger partial charge in [-0.05, 0) is 30.8 Å². The smallest absolute Gasteiger partial charge is 0.161 e. The number of rotatable bonds is 4. The summed E-state index contributed by atoms with van der Waals surface area (Å²) in [5.41, 5.74) is 7.40. The Balaban J connectivity index is 2.25. The molecule has 4 nitrogen and oxygen atoms in total. The lowest BCUT2D eigenvalue weighted by Crippen LogP contribution is -2.24. The molecule has 2 atom stereocenters. The molecule has 0 amide bonds. The number of aryl methyl sites for hydroxylation is 1. The normalized spacial score (nSPS) is 22.3. The zero-order chi connectivity index (χ0) is 11.5. The molecule has 16 heavy (non-hydrogen) atoms. The highest BCUT2D eigenvalue weighted by Gasteiger charge is 2.28. The molecule has 1 aliphatic heterocycles. The molecule has 5 heteroatoms. The Hall–Kier alpha value is -0.680. The van der Waals surface area contributed by atoms with Crippen molar-refractivity contribution in [2.75, 3.05) is 18.6 Å². The van der Waals surface area contributed by atoms with Crippen molar-refractivity contribution in [2.45, 2.75) is 25.9 Å². The van der Waals surface area contributed by atoms with Gasteiger partial charge in [0, 0.05) is 6.54 Å². The van der Waals surface area contributed by atoms with Gasteiger partial charge in [0.05, 0.1) is 25.0 Å². The molecule has 0 spiro atoms. The number of methoxy groups -OCH3 is 1. The third kappa shape index (κ3) is 2.06. The molecule has 90 valence electrons. The third-order valence-corrected chi connectivity index (χ3v) is 4.34. The van der Waals surface area contributed by atoms with Gasteiger partial charge >= 0.3 is 0 Å². The van der Waals surface area contributed by atoms with E-state index in [1.807, 2.05) is 16.4 Å². The van der Waals surface area contributed by atoms with Crippen LogP contribution in [0.5, 0.6) is 5.75 Å². The Kier molecular flexibility index (Phi) is 3.76. The zero-order valence-corrected chi connectivity index (χ0v) is 10.7. The molecule has 1 saturated heterocycles. The van der Waals surface area contributed by atoms with Crippen molar-refractivity contribution in [2.24, 2.45) is 11.7 Å². The fourth-order valence-corrected chi connectivity index (χ4v) is 3.50. The molecular weight excluding hydrogens is 222 g/mol. The van der Waals surface area contributed by atoms with Crippen LogP contribution in [-0.2, 0) is 6.54 Å². The van der Waals surface area contributed by atoms with Crippen molar-refractivity contribution in [3.63, 3.8) is 0 Å². The van der Waals surface area contributed by atoms with E-state index in [0.717, 1.165) is 23.7 Å². The molecule has 1 fully saturated rings. The van der Waals surface area contributed by atoms with Gasteiger partial charge in [-0.2, -0.15) is 16.9 Å². The second kappa shape index (κ2) is 5.10. The molecule has 0 aliphatic carbocycles. The van der Waals surface area contributed by atoms with E-state index in [0.29, 0.717) is 5.92 Å². The van der Waals surface area contributed by atoms with Gasteiger partial charge in [-0.15, -0.1) is 0 Å². The van der Waals surface area contributed by atoms with E-state index in [2.05, 4.69) is 12.0 Å². The van der Waals surface area contributed by atoms with Crippen molar-refractivity contribution in [3.05, 3.63) is 11.9 Å². The Morgan fingerprint density at radius 3 is 3.12 bits per heavy atom. The number of hydrogen-bond donors (Lipinski definition) is 1. The van der Waals surface area contributed by atoms with Crippen LogP contribution in [0.25, 0.3) is 0 Å². The summed E-state index contributed by atoms with van der Waals surface area (Å²) in [5, 5.41) is 4.30. The molecule has 1 aromatic heterocycles. The van der Waals surface area contributed by atoms with E-state index in [1.54, 1.807) is 13.3 Å². The molecule has 0 saturated carbocycles. The molecule has 2 N–H and O–H groups in total. The highest BCUT2D eigenvalue weighted by Crippen LogP contribution is 2.36. The SMILES string of the molecule is CCn1ncc(OC)c1C(N)C1CCSC1. The Bertz CT molecular complexity index is 325. The van der Waals surface area contributed by atoms with Crippen LogP contribution in [-0.4, -0.2) is 28.4 Å². The number of nitrogens with zero attached hydrogens (tertiary/aromatic N) is 2. The lowest BCUT2D eigenvalue weighted by Gasteiger charge is -2.20. The fourth-order valence-electron chi connectivity index (χ4n) is 2.18. The molecule has 1 aliphatic rings. The number of thioether (sulfide) groups is 1. The maximum absolute atomic E-state index is 6.34. The van der Waals surface area contributed by atoms with Gasteiger partial charge in [-0.1, -0.05) is 0 Å². The minimum absolute atomic E-state index is 0.0485. The van der Waals surface area contributed by atoms with Gasteiger partial charge < -0.3 is 10.5 Å².